The molecule has 0 spiro atoms. The Bertz CT molecular complexity index is 840. The highest BCUT2D eigenvalue weighted by Gasteiger charge is 2.03. The van der Waals surface area contributed by atoms with Crippen LogP contribution in [0.25, 0.3) is 0 Å². The number of nitrogens with zero attached hydrogens (tertiary/aromatic N) is 5. The van der Waals surface area contributed by atoms with Crippen molar-refractivity contribution in [2.45, 2.75) is 26.7 Å². The Balaban J connectivity index is 1.84. The summed E-state index contributed by atoms with van der Waals surface area (Å²) in [7, 11) is 1.51. The summed E-state index contributed by atoms with van der Waals surface area (Å²) in [4.78, 5) is 18.9. The van der Waals surface area contributed by atoms with Crippen LogP contribution in [0, 0.1) is 11.3 Å². The number of aromatic nitrogens is 2. The minimum absolute atomic E-state index is 0.465. The summed E-state index contributed by atoms with van der Waals surface area (Å²) in [6.07, 6.45) is 3.13. The molecule has 2 rings (SSSR count). The molecule has 2 heterocycles. The summed E-state index contributed by atoms with van der Waals surface area (Å²) < 4.78 is 0. The van der Waals surface area contributed by atoms with Gasteiger partial charge in [-0.1, -0.05) is 16.4 Å². The van der Waals surface area contributed by atoms with Crippen LogP contribution in [0.5, 0.6) is 0 Å². The van der Waals surface area contributed by atoms with Gasteiger partial charge in [-0.05, 0) is 51.0 Å². The van der Waals surface area contributed by atoms with Gasteiger partial charge in [0.25, 0.3) is 0 Å². The molecular formula is C19H21N5O2. The Hall–Kier alpha value is -3.27. The van der Waals surface area contributed by atoms with Gasteiger partial charge in [0.15, 0.2) is 0 Å². The predicted octanol–water partition coefficient (Wildman–Crippen LogP) is 3.09. The van der Waals surface area contributed by atoms with Crippen molar-refractivity contribution >= 4 is 11.4 Å². The van der Waals surface area contributed by atoms with Crippen LogP contribution in [0.2, 0.25) is 0 Å². The SMILES string of the molecule is CON=C(C)c1cccc(CCCON=C(C)c2cc(C#N)ccn2)n1. The van der Waals surface area contributed by atoms with Gasteiger partial charge in [0.1, 0.15) is 25.1 Å². The maximum absolute atomic E-state index is 8.91. The van der Waals surface area contributed by atoms with Gasteiger partial charge in [0, 0.05) is 11.9 Å². The smallest absolute Gasteiger partial charge is 0.117 e. The number of hydrogen-bond acceptors (Lipinski definition) is 7. The summed E-state index contributed by atoms with van der Waals surface area (Å²) in [5.41, 5.74) is 4.30. The van der Waals surface area contributed by atoms with E-state index in [0.717, 1.165) is 29.9 Å². The zero-order valence-electron chi connectivity index (χ0n) is 15.1. The molecule has 0 amide bonds. The molecule has 0 fully saturated rings. The molecule has 2 aromatic rings. The highest BCUT2D eigenvalue weighted by molar-refractivity contribution is 5.97. The molecule has 0 saturated carbocycles. The van der Waals surface area contributed by atoms with Crippen molar-refractivity contribution in [3.63, 3.8) is 0 Å². The lowest BCUT2D eigenvalue weighted by Gasteiger charge is -2.05. The highest BCUT2D eigenvalue weighted by Crippen LogP contribution is 2.06. The number of oxime groups is 2. The number of rotatable bonds is 8. The lowest BCUT2D eigenvalue weighted by molar-refractivity contribution is 0.141. The molecule has 7 nitrogen and oxygen atoms in total. The van der Waals surface area contributed by atoms with Crippen LogP contribution < -0.4 is 0 Å². The normalized spacial score (nSPS) is 11.8. The van der Waals surface area contributed by atoms with E-state index in [0.29, 0.717) is 23.6 Å². The summed E-state index contributed by atoms with van der Waals surface area (Å²) in [5, 5.41) is 16.9. The van der Waals surface area contributed by atoms with E-state index >= 15 is 0 Å². The van der Waals surface area contributed by atoms with Gasteiger partial charge in [0.2, 0.25) is 0 Å². The zero-order chi connectivity index (χ0) is 18.8. The van der Waals surface area contributed by atoms with Crippen LogP contribution in [-0.2, 0) is 16.1 Å². The van der Waals surface area contributed by atoms with Gasteiger partial charge in [-0.25, -0.2) is 0 Å². The van der Waals surface area contributed by atoms with Gasteiger partial charge in [-0.3, -0.25) is 9.97 Å². The molecule has 0 aliphatic heterocycles. The lowest BCUT2D eigenvalue weighted by atomic mass is 10.2. The molecule has 134 valence electrons. The summed E-state index contributed by atoms with van der Waals surface area (Å²) in [5.74, 6) is 0. The number of nitriles is 1. The third kappa shape index (κ3) is 5.67. The summed E-state index contributed by atoms with van der Waals surface area (Å²) in [6.45, 7) is 4.12. The van der Waals surface area contributed by atoms with Crippen LogP contribution >= 0.6 is 0 Å². The van der Waals surface area contributed by atoms with Crippen molar-refractivity contribution in [3.05, 3.63) is 59.2 Å². The van der Waals surface area contributed by atoms with E-state index in [1.165, 1.54) is 7.11 Å². The highest BCUT2D eigenvalue weighted by atomic mass is 16.6. The fourth-order valence-corrected chi connectivity index (χ4v) is 2.21. The predicted molar refractivity (Wildman–Crippen MR) is 98.9 cm³/mol. The van der Waals surface area contributed by atoms with E-state index in [2.05, 4.69) is 26.3 Å². The van der Waals surface area contributed by atoms with Gasteiger partial charge < -0.3 is 9.68 Å². The maximum atomic E-state index is 8.91. The maximum Gasteiger partial charge on any atom is 0.117 e. The van der Waals surface area contributed by atoms with Crippen molar-refractivity contribution in [3.8, 4) is 6.07 Å². The molecule has 0 unspecified atom stereocenters. The first-order valence-corrected chi connectivity index (χ1v) is 8.21. The molecule has 0 aliphatic carbocycles. The first-order valence-electron chi connectivity index (χ1n) is 8.21. The Labute approximate surface area is 153 Å². The van der Waals surface area contributed by atoms with E-state index in [1.807, 2.05) is 25.1 Å². The van der Waals surface area contributed by atoms with Gasteiger partial charge in [-0.15, -0.1) is 0 Å². The van der Waals surface area contributed by atoms with E-state index in [4.69, 9.17) is 14.9 Å². The van der Waals surface area contributed by atoms with Crippen LogP contribution in [-0.4, -0.2) is 35.1 Å². The third-order valence-corrected chi connectivity index (χ3v) is 3.54. The molecule has 0 bridgehead atoms. The van der Waals surface area contributed by atoms with Gasteiger partial charge in [-0.2, -0.15) is 5.26 Å². The second-order valence-corrected chi connectivity index (χ2v) is 5.53. The quantitative estimate of drug-likeness (QED) is 0.414. The minimum Gasteiger partial charge on any atom is -0.399 e. The van der Waals surface area contributed by atoms with Crippen molar-refractivity contribution in [2.24, 2.45) is 10.3 Å². The molecule has 2 aromatic heterocycles. The standard InChI is InChI=1S/C19H21N5O2/c1-14(23-25-3)18-8-4-6-17(22-18)7-5-11-26-24-15(2)19-12-16(13-20)9-10-21-19/h4,6,8-10,12H,5,7,11H2,1-3H3. The lowest BCUT2D eigenvalue weighted by Crippen LogP contribution is -2.04. The topological polar surface area (TPSA) is 92.8 Å². The Morgan fingerprint density at radius 2 is 1.96 bits per heavy atom. The second-order valence-electron chi connectivity index (χ2n) is 5.53. The number of aryl methyl sites for hydroxylation is 1. The fraction of sp³-hybridized carbons (Fsp3) is 0.316. The van der Waals surface area contributed by atoms with Crippen molar-refractivity contribution < 1.29 is 9.68 Å². The second kappa shape index (κ2) is 9.89. The van der Waals surface area contributed by atoms with E-state index in [1.54, 1.807) is 25.3 Å². The molecule has 0 atom stereocenters. The first kappa shape index (κ1) is 19.1. The molecule has 0 radical (unpaired) electrons. The average molecular weight is 351 g/mol. The van der Waals surface area contributed by atoms with Crippen LogP contribution in [0.3, 0.4) is 0 Å². The molecule has 0 N–H and O–H groups in total. The molecule has 0 saturated heterocycles. The number of hydrogen-bond donors (Lipinski definition) is 0. The zero-order valence-corrected chi connectivity index (χ0v) is 15.1. The van der Waals surface area contributed by atoms with Crippen molar-refractivity contribution in [1.82, 2.24) is 9.97 Å². The van der Waals surface area contributed by atoms with Crippen molar-refractivity contribution in [2.75, 3.05) is 13.7 Å². The number of pyridine rings is 2. The molecular weight excluding hydrogens is 330 g/mol. The monoisotopic (exact) mass is 351 g/mol. The van der Waals surface area contributed by atoms with Crippen LogP contribution in [0.4, 0.5) is 0 Å². The Morgan fingerprint density at radius 1 is 1.15 bits per heavy atom. The van der Waals surface area contributed by atoms with Gasteiger partial charge >= 0.3 is 0 Å². The Kier molecular flexibility index (Phi) is 7.25. The molecule has 0 aliphatic rings. The summed E-state index contributed by atoms with van der Waals surface area (Å²) in [6, 6.07) is 11.2. The molecule has 7 heteroatoms. The molecule has 0 aromatic carbocycles. The van der Waals surface area contributed by atoms with Crippen molar-refractivity contribution in [1.29, 1.82) is 5.26 Å². The van der Waals surface area contributed by atoms with Crippen LogP contribution in [0.1, 0.15) is 42.9 Å². The van der Waals surface area contributed by atoms with E-state index < -0.39 is 0 Å². The van der Waals surface area contributed by atoms with E-state index in [-0.39, 0.29) is 0 Å². The summed E-state index contributed by atoms with van der Waals surface area (Å²) >= 11 is 0. The average Bonchev–Trinajstić information content (AvgIpc) is 2.68. The third-order valence-electron chi connectivity index (χ3n) is 3.54. The van der Waals surface area contributed by atoms with Gasteiger partial charge in [0.05, 0.1) is 23.0 Å². The minimum atomic E-state index is 0.465. The first-order chi connectivity index (χ1) is 12.6. The molecule has 26 heavy (non-hydrogen) atoms. The fourth-order valence-electron chi connectivity index (χ4n) is 2.21. The van der Waals surface area contributed by atoms with E-state index in [9.17, 15) is 0 Å². The largest absolute Gasteiger partial charge is 0.399 e. The van der Waals surface area contributed by atoms with Crippen LogP contribution in [0.15, 0.2) is 46.8 Å². The Morgan fingerprint density at radius 3 is 2.73 bits per heavy atom.